The van der Waals surface area contributed by atoms with Crippen LogP contribution in [0.3, 0.4) is 0 Å². The van der Waals surface area contributed by atoms with Gasteiger partial charge in [0.05, 0.1) is 5.56 Å². The Balaban J connectivity index is 2.22. The Morgan fingerprint density at radius 3 is 2.45 bits per heavy atom. The van der Waals surface area contributed by atoms with Gasteiger partial charge < -0.3 is 5.73 Å². The lowest BCUT2D eigenvalue weighted by molar-refractivity contribution is 0.552. The first-order valence-corrected chi connectivity index (χ1v) is 6.84. The molecule has 1 aromatic heterocycles. The van der Waals surface area contributed by atoms with Gasteiger partial charge in [0.15, 0.2) is 0 Å². The molecule has 2 aromatic rings. The summed E-state index contributed by atoms with van der Waals surface area (Å²) < 4.78 is 0. The van der Waals surface area contributed by atoms with Crippen molar-refractivity contribution in [1.82, 2.24) is 4.98 Å². The summed E-state index contributed by atoms with van der Waals surface area (Å²) in [7, 11) is 0. The molecule has 102 valence electrons. The van der Waals surface area contributed by atoms with Crippen molar-refractivity contribution in [2.24, 2.45) is 5.73 Å². The molecule has 0 bridgehead atoms. The van der Waals surface area contributed by atoms with Crippen molar-refractivity contribution < 1.29 is 0 Å². The number of hydrogen-bond donors (Lipinski definition) is 1. The molecule has 2 N–H and O–H groups in total. The molecule has 2 unspecified atom stereocenters. The van der Waals surface area contributed by atoms with Gasteiger partial charge in [-0.3, -0.25) is 4.98 Å². The standard InChI is InChI=1S/C16H16ClN3/c1-11(19)15(8-12-2-5-14(17)6-3-12)16-7-4-13(9-18)10-20-16/h2-7,10-11,15H,8,19H2,1H3. The van der Waals surface area contributed by atoms with Crippen LogP contribution in [-0.2, 0) is 6.42 Å². The van der Waals surface area contributed by atoms with Crippen molar-refractivity contribution in [3.05, 3.63) is 64.4 Å². The molecular formula is C16H16ClN3. The van der Waals surface area contributed by atoms with Gasteiger partial charge in [0.2, 0.25) is 0 Å². The summed E-state index contributed by atoms with van der Waals surface area (Å²) >= 11 is 5.89. The first kappa shape index (κ1) is 14.5. The molecule has 0 spiro atoms. The topological polar surface area (TPSA) is 62.7 Å². The van der Waals surface area contributed by atoms with E-state index >= 15 is 0 Å². The number of nitrogens with zero attached hydrogens (tertiary/aromatic N) is 2. The van der Waals surface area contributed by atoms with Crippen molar-refractivity contribution in [2.75, 3.05) is 0 Å². The fraction of sp³-hybridized carbons (Fsp3) is 0.250. The zero-order valence-electron chi connectivity index (χ0n) is 11.3. The van der Waals surface area contributed by atoms with E-state index in [0.717, 1.165) is 17.1 Å². The highest BCUT2D eigenvalue weighted by atomic mass is 35.5. The van der Waals surface area contributed by atoms with E-state index in [1.165, 1.54) is 5.56 Å². The molecule has 1 aromatic carbocycles. The molecule has 0 fully saturated rings. The van der Waals surface area contributed by atoms with Crippen LogP contribution in [0, 0.1) is 11.3 Å². The summed E-state index contributed by atoms with van der Waals surface area (Å²) in [6, 6.07) is 13.5. The monoisotopic (exact) mass is 285 g/mol. The largest absolute Gasteiger partial charge is 0.327 e. The normalized spacial score (nSPS) is 13.5. The minimum Gasteiger partial charge on any atom is -0.327 e. The van der Waals surface area contributed by atoms with Crippen LogP contribution in [0.1, 0.15) is 29.7 Å². The van der Waals surface area contributed by atoms with Gasteiger partial charge >= 0.3 is 0 Å². The number of halogens is 1. The van der Waals surface area contributed by atoms with E-state index in [4.69, 9.17) is 22.6 Å². The highest BCUT2D eigenvalue weighted by molar-refractivity contribution is 6.30. The molecule has 3 nitrogen and oxygen atoms in total. The summed E-state index contributed by atoms with van der Waals surface area (Å²) in [6.07, 6.45) is 2.39. The first-order chi connectivity index (χ1) is 9.60. The number of pyridine rings is 1. The molecule has 4 heteroatoms. The van der Waals surface area contributed by atoms with E-state index in [0.29, 0.717) is 5.56 Å². The average Bonchev–Trinajstić information content (AvgIpc) is 2.46. The number of aromatic nitrogens is 1. The quantitative estimate of drug-likeness (QED) is 0.937. The summed E-state index contributed by atoms with van der Waals surface area (Å²) in [5.74, 6) is 0.115. The van der Waals surface area contributed by atoms with Crippen LogP contribution in [0.2, 0.25) is 5.02 Å². The van der Waals surface area contributed by atoms with Gasteiger partial charge in [0.1, 0.15) is 6.07 Å². The SMILES string of the molecule is CC(N)C(Cc1ccc(Cl)cc1)c1ccc(C#N)cn1. The highest BCUT2D eigenvalue weighted by Gasteiger charge is 2.18. The zero-order chi connectivity index (χ0) is 14.5. The Morgan fingerprint density at radius 1 is 1.25 bits per heavy atom. The summed E-state index contributed by atoms with van der Waals surface area (Å²) in [6.45, 7) is 1.97. The van der Waals surface area contributed by atoms with Gasteiger partial charge in [-0.1, -0.05) is 23.7 Å². The molecule has 0 saturated carbocycles. The maximum absolute atomic E-state index is 8.81. The minimum absolute atomic E-state index is 0.0221. The molecule has 20 heavy (non-hydrogen) atoms. The molecule has 0 aliphatic rings. The molecule has 0 amide bonds. The van der Waals surface area contributed by atoms with Crippen molar-refractivity contribution in [3.8, 4) is 6.07 Å². The number of hydrogen-bond acceptors (Lipinski definition) is 3. The van der Waals surface area contributed by atoms with Gasteiger partial charge in [0, 0.05) is 28.9 Å². The van der Waals surface area contributed by atoms with E-state index in [1.54, 1.807) is 12.3 Å². The fourth-order valence-electron chi connectivity index (χ4n) is 2.13. The average molecular weight is 286 g/mol. The Kier molecular flexibility index (Phi) is 4.73. The number of benzene rings is 1. The number of nitrogens with two attached hydrogens (primary N) is 1. The van der Waals surface area contributed by atoms with Gasteiger partial charge in [-0.25, -0.2) is 0 Å². The lowest BCUT2D eigenvalue weighted by Crippen LogP contribution is -2.27. The Hall–Kier alpha value is -1.89. The molecule has 2 atom stereocenters. The maximum Gasteiger partial charge on any atom is 0.101 e. The minimum atomic E-state index is -0.0221. The van der Waals surface area contributed by atoms with Crippen LogP contribution in [0.5, 0.6) is 0 Å². The summed E-state index contributed by atoms with van der Waals surface area (Å²) in [4.78, 5) is 4.36. The third-order valence-corrected chi connectivity index (χ3v) is 3.55. The van der Waals surface area contributed by atoms with Crippen LogP contribution < -0.4 is 5.73 Å². The van der Waals surface area contributed by atoms with Crippen LogP contribution in [0.25, 0.3) is 0 Å². The van der Waals surface area contributed by atoms with Crippen LogP contribution >= 0.6 is 11.6 Å². The van der Waals surface area contributed by atoms with Crippen LogP contribution in [0.15, 0.2) is 42.6 Å². The lowest BCUT2D eigenvalue weighted by Gasteiger charge is -2.20. The highest BCUT2D eigenvalue weighted by Crippen LogP contribution is 2.23. The molecule has 0 aliphatic carbocycles. The second-order valence-electron chi connectivity index (χ2n) is 4.88. The van der Waals surface area contributed by atoms with E-state index < -0.39 is 0 Å². The molecule has 2 rings (SSSR count). The van der Waals surface area contributed by atoms with Gasteiger partial charge in [-0.2, -0.15) is 5.26 Å². The van der Waals surface area contributed by atoms with E-state index in [9.17, 15) is 0 Å². The Bertz CT molecular complexity index is 597. The maximum atomic E-state index is 8.81. The van der Waals surface area contributed by atoms with Crippen LogP contribution in [0.4, 0.5) is 0 Å². The molecule has 1 heterocycles. The molecule has 0 radical (unpaired) electrons. The Labute approximate surface area is 124 Å². The van der Waals surface area contributed by atoms with Crippen molar-refractivity contribution in [3.63, 3.8) is 0 Å². The van der Waals surface area contributed by atoms with Gasteiger partial charge in [0.25, 0.3) is 0 Å². The van der Waals surface area contributed by atoms with Crippen LogP contribution in [-0.4, -0.2) is 11.0 Å². The summed E-state index contributed by atoms with van der Waals surface area (Å²) in [5.41, 5.74) is 8.73. The first-order valence-electron chi connectivity index (χ1n) is 6.46. The lowest BCUT2D eigenvalue weighted by atomic mass is 9.90. The zero-order valence-corrected chi connectivity index (χ0v) is 12.0. The van der Waals surface area contributed by atoms with Crippen molar-refractivity contribution in [2.45, 2.75) is 25.3 Å². The Morgan fingerprint density at radius 2 is 1.95 bits per heavy atom. The number of nitriles is 1. The van der Waals surface area contributed by atoms with Gasteiger partial charge in [-0.15, -0.1) is 0 Å². The predicted molar refractivity (Wildman–Crippen MR) is 80.5 cm³/mol. The molecular weight excluding hydrogens is 270 g/mol. The smallest absolute Gasteiger partial charge is 0.101 e. The van der Waals surface area contributed by atoms with E-state index in [2.05, 4.69) is 11.1 Å². The third-order valence-electron chi connectivity index (χ3n) is 3.30. The fourth-order valence-corrected chi connectivity index (χ4v) is 2.25. The number of rotatable bonds is 4. The van der Waals surface area contributed by atoms with E-state index in [1.807, 2.05) is 37.3 Å². The predicted octanol–water partition coefficient (Wildman–Crippen LogP) is 3.28. The summed E-state index contributed by atoms with van der Waals surface area (Å²) in [5, 5.41) is 9.53. The van der Waals surface area contributed by atoms with Gasteiger partial charge in [-0.05, 0) is 43.2 Å². The second kappa shape index (κ2) is 6.51. The van der Waals surface area contributed by atoms with E-state index in [-0.39, 0.29) is 12.0 Å². The second-order valence-corrected chi connectivity index (χ2v) is 5.32. The van der Waals surface area contributed by atoms with Crippen molar-refractivity contribution in [1.29, 1.82) is 5.26 Å². The molecule has 0 saturated heterocycles. The van der Waals surface area contributed by atoms with Crippen molar-refractivity contribution >= 4 is 11.6 Å². The third kappa shape index (κ3) is 3.57. The molecule has 0 aliphatic heterocycles.